The lowest BCUT2D eigenvalue weighted by atomic mass is 10.3. The number of ether oxygens (including phenoxy) is 1. The van der Waals surface area contributed by atoms with E-state index in [0.717, 1.165) is 5.56 Å². The van der Waals surface area contributed by atoms with Gasteiger partial charge in [0.1, 0.15) is 24.0 Å². The number of carbonyl (C=O) groups is 1. The molecule has 0 atom stereocenters. The van der Waals surface area contributed by atoms with E-state index in [1.807, 2.05) is 5.38 Å². The maximum absolute atomic E-state index is 13.1. The van der Waals surface area contributed by atoms with Gasteiger partial charge in [0.2, 0.25) is 0 Å². The van der Waals surface area contributed by atoms with Gasteiger partial charge in [-0.1, -0.05) is 12.1 Å². The topological polar surface area (TPSA) is 51.2 Å². The summed E-state index contributed by atoms with van der Waals surface area (Å²) in [6, 6.07) is 13.0. The van der Waals surface area contributed by atoms with Crippen molar-refractivity contribution >= 4 is 23.1 Å². The number of hydrogen-bond acceptors (Lipinski definition) is 4. The van der Waals surface area contributed by atoms with Crippen LogP contribution in [0.15, 0.2) is 60.1 Å². The average Bonchev–Trinajstić information content (AvgIpc) is 3.03. The van der Waals surface area contributed by atoms with Gasteiger partial charge in [0.15, 0.2) is 0 Å². The third kappa shape index (κ3) is 4.14. The molecule has 0 saturated carbocycles. The normalized spacial score (nSPS) is 10.3. The molecule has 0 aliphatic rings. The van der Waals surface area contributed by atoms with Gasteiger partial charge in [0.25, 0.3) is 5.91 Å². The van der Waals surface area contributed by atoms with Gasteiger partial charge in [-0.05, 0) is 35.7 Å². The van der Waals surface area contributed by atoms with Gasteiger partial charge in [-0.2, -0.15) is 0 Å². The summed E-state index contributed by atoms with van der Waals surface area (Å²) in [6.45, 7) is 0.275. The standard InChI is InChI=1S/C17H13FN2O2S/c18-13-4-3-5-14(9-13)22-10-12-8-15(23-11-12)17(21)20-16-6-1-2-7-19-16/h1-9,11H,10H2,(H,19,20,21). The van der Waals surface area contributed by atoms with Gasteiger partial charge in [-0.15, -0.1) is 11.3 Å². The van der Waals surface area contributed by atoms with E-state index in [9.17, 15) is 9.18 Å². The minimum atomic E-state index is -0.344. The lowest BCUT2D eigenvalue weighted by Gasteiger charge is -2.04. The van der Waals surface area contributed by atoms with Crippen LogP contribution in [-0.4, -0.2) is 10.9 Å². The van der Waals surface area contributed by atoms with E-state index >= 15 is 0 Å². The molecule has 0 unspecified atom stereocenters. The maximum Gasteiger partial charge on any atom is 0.266 e. The zero-order valence-electron chi connectivity index (χ0n) is 12.0. The van der Waals surface area contributed by atoms with Crippen LogP contribution in [0.3, 0.4) is 0 Å². The van der Waals surface area contributed by atoms with E-state index in [4.69, 9.17) is 4.74 Å². The Morgan fingerprint density at radius 3 is 2.91 bits per heavy atom. The van der Waals surface area contributed by atoms with Crippen LogP contribution in [0.1, 0.15) is 15.2 Å². The van der Waals surface area contributed by atoms with Crippen molar-refractivity contribution in [3.05, 3.63) is 76.4 Å². The molecular weight excluding hydrogens is 315 g/mol. The van der Waals surface area contributed by atoms with Gasteiger partial charge in [-0.3, -0.25) is 4.79 Å². The fraction of sp³-hybridized carbons (Fsp3) is 0.0588. The van der Waals surface area contributed by atoms with Crippen LogP contribution in [-0.2, 0) is 6.61 Å². The number of halogens is 1. The molecule has 1 amide bonds. The van der Waals surface area contributed by atoms with Crippen molar-refractivity contribution in [1.82, 2.24) is 4.98 Å². The van der Waals surface area contributed by atoms with E-state index in [1.165, 1.54) is 23.5 Å². The second-order valence-electron chi connectivity index (χ2n) is 4.73. The highest BCUT2D eigenvalue weighted by Crippen LogP contribution is 2.19. The minimum absolute atomic E-state index is 0.217. The first-order valence-corrected chi connectivity index (χ1v) is 7.77. The number of benzene rings is 1. The summed E-state index contributed by atoms with van der Waals surface area (Å²) in [6.07, 6.45) is 1.61. The van der Waals surface area contributed by atoms with Crippen molar-refractivity contribution in [2.45, 2.75) is 6.61 Å². The number of amides is 1. The fourth-order valence-electron chi connectivity index (χ4n) is 1.91. The molecule has 6 heteroatoms. The number of rotatable bonds is 5. The lowest BCUT2D eigenvalue weighted by molar-refractivity contribution is 0.103. The molecule has 0 saturated heterocycles. The number of aromatic nitrogens is 1. The predicted octanol–water partition coefficient (Wildman–Crippen LogP) is 4.11. The fourth-order valence-corrected chi connectivity index (χ4v) is 2.70. The molecule has 4 nitrogen and oxygen atoms in total. The van der Waals surface area contributed by atoms with Crippen molar-refractivity contribution in [2.24, 2.45) is 0 Å². The molecule has 0 fully saturated rings. The van der Waals surface area contributed by atoms with Gasteiger partial charge in [0.05, 0.1) is 4.88 Å². The second-order valence-corrected chi connectivity index (χ2v) is 5.65. The third-order valence-electron chi connectivity index (χ3n) is 2.99. The summed E-state index contributed by atoms with van der Waals surface area (Å²) in [4.78, 5) is 16.7. The van der Waals surface area contributed by atoms with Crippen LogP contribution in [0.2, 0.25) is 0 Å². The zero-order chi connectivity index (χ0) is 16.1. The van der Waals surface area contributed by atoms with Crippen LogP contribution in [0, 0.1) is 5.82 Å². The number of hydrogen-bond donors (Lipinski definition) is 1. The lowest BCUT2D eigenvalue weighted by Crippen LogP contribution is -2.11. The van der Waals surface area contributed by atoms with Gasteiger partial charge in [-0.25, -0.2) is 9.37 Å². The molecule has 116 valence electrons. The van der Waals surface area contributed by atoms with Crippen molar-refractivity contribution in [1.29, 1.82) is 0 Å². The summed E-state index contributed by atoms with van der Waals surface area (Å²) in [5.41, 5.74) is 0.852. The number of thiophene rings is 1. The van der Waals surface area contributed by atoms with Crippen molar-refractivity contribution in [2.75, 3.05) is 5.32 Å². The second kappa shape index (κ2) is 7.02. The van der Waals surface area contributed by atoms with Crippen LogP contribution < -0.4 is 10.1 Å². The quantitative estimate of drug-likeness (QED) is 0.767. The molecule has 0 aliphatic heterocycles. The van der Waals surface area contributed by atoms with E-state index in [-0.39, 0.29) is 18.3 Å². The number of carbonyl (C=O) groups excluding carboxylic acids is 1. The largest absolute Gasteiger partial charge is 0.489 e. The first-order chi connectivity index (χ1) is 11.2. The average molecular weight is 328 g/mol. The number of nitrogens with zero attached hydrogens (tertiary/aromatic N) is 1. The van der Waals surface area contributed by atoms with Crippen molar-refractivity contribution in [3.63, 3.8) is 0 Å². The first-order valence-electron chi connectivity index (χ1n) is 6.89. The smallest absolute Gasteiger partial charge is 0.266 e. The van der Waals surface area contributed by atoms with E-state index in [1.54, 1.807) is 42.6 Å². The molecule has 0 bridgehead atoms. The number of pyridine rings is 1. The predicted molar refractivity (Wildman–Crippen MR) is 87.2 cm³/mol. The zero-order valence-corrected chi connectivity index (χ0v) is 12.8. The minimum Gasteiger partial charge on any atom is -0.489 e. The highest BCUT2D eigenvalue weighted by atomic mass is 32.1. The third-order valence-corrected chi connectivity index (χ3v) is 3.96. The van der Waals surface area contributed by atoms with Crippen LogP contribution in [0.4, 0.5) is 10.2 Å². The van der Waals surface area contributed by atoms with E-state index in [2.05, 4.69) is 10.3 Å². The van der Waals surface area contributed by atoms with E-state index in [0.29, 0.717) is 16.4 Å². The Morgan fingerprint density at radius 1 is 1.22 bits per heavy atom. The molecule has 0 aliphatic carbocycles. The molecule has 0 radical (unpaired) electrons. The van der Waals surface area contributed by atoms with E-state index < -0.39 is 0 Å². The Balaban J connectivity index is 1.60. The van der Waals surface area contributed by atoms with Crippen molar-refractivity contribution < 1.29 is 13.9 Å². The Hall–Kier alpha value is -2.73. The van der Waals surface area contributed by atoms with Crippen LogP contribution in [0.25, 0.3) is 0 Å². The molecular formula is C17H13FN2O2S. The summed E-state index contributed by atoms with van der Waals surface area (Å²) in [5.74, 6) is 0.396. The molecule has 3 rings (SSSR count). The number of anilines is 1. The molecule has 1 aromatic carbocycles. The first kappa shape index (κ1) is 15.2. The molecule has 2 heterocycles. The SMILES string of the molecule is O=C(Nc1ccccn1)c1cc(COc2cccc(F)c2)cs1. The molecule has 0 spiro atoms. The Bertz CT molecular complexity index is 805. The summed E-state index contributed by atoms with van der Waals surface area (Å²) >= 11 is 1.32. The monoisotopic (exact) mass is 328 g/mol. The molecule has 23 heavy (non-hydrogen) atoms. The van der Waals surface area contributed by atoms with Crippen LogP contribution >= 0.6 is 11.3 Å². The van der Waals surface area contributed by atoms with Crippen LogP contribution in [0.5, 0.6) is 5.75 Å². The van der Waals surface area contributed by atoms with Gasteiger partial charge >= 0.3 is 0 Å². The van der Waals surface area contributed by atoms with Crippen molar-refractivity contribution in [3.8, 4) is 5.75 Å². The molecule has 1 N–H and O–H groups in total. The summed E-state index contributed by atoms with van der Waals surface area (Å²) in [5, 5.41) is 4.56. The van der Waals surface area contributed by atoms with Gasteiger partial charge in [0, 0.05) is 17.8 Å². The maximum atomic E-state index is 13.1. The summed E-state index contributed by atoms with van der Waals surface area (Å²) in [7, 11) is 0. The Labute approximate surface area is 136 Å². The molecule has 3 aromatic rings. The van der Waals surface area contributed by atoms with Gasteiger partial charge < -0.3 is 10.1 Å². The Kier molecular flexibility index (Phi) is 4.63. The number of nitrogens with one attached hydrogen (secondary N) is 1. The molecule has 2 aromatic heterocycles. The Morgan fingerprint density at radius 2 is 2.13 bits per heavy atom. The highest BCUT2D eigenvalue weighted by Gasteiger charge is 2.10. The summed E-state index contributed by atoms with van der Waals surface area (Å²) < 4.78 is 18.6. The highest BCUT2D eigenvalue weighted by molar-refractivity contribution is 7.12.